The molecule has 4 heteroatoms. The topological polar surface area (TPSA) is 38.8 Å². The van der Waals surface area contributed by atoms with Crippen LogP contribution in [0.4, 0.5) is 0 Å². The molecule has 1 fully saturated rings. The van der Waals surface area contributed by atoms with Crippen LogP contribution in [0.25, 0.3) is 0 Å². The van der Waals surface area contributed by atoms with Crippen molar-refractivity contribution in [3.63, 3.8) is 0 Å². The van der Waals surface area contributed by atoms with Gasteiger partial charge < -0.3 is 14.4 Å². The molecule has 0 unspecified atom stereocenters. The van der Waals surface area contributed by atoms with Crippen LogP contribution in [0.3, 0.4) is 0 Å². The van der Waals surface area contributed by atoms with Crippen LogP contribution in [-0.2, 0) is 16.8 Å². The lowest BCUT2D eigenvalue weighted by Crippen LogP contribution is -2.46. The molecule has 0 aromatic heterocycles. The fourth-order valence-corrected chi connectivity index (χ4v) is 3.96. The molecule has 1 saturated carbocycles. The second-order valence-corrected chi connectivity index (χ2v) is 6.23. The fraction of sp³-hybridized carbons (Fsp3) is 0.588. The second-order valence-electron chi connectivity index (χ2n) is 6.23. The lowest BCUT2D eigenvalue weighted by atomic mass is 9.73. The summed E-state index contributed by atoms with van der Waals surface area (Å²) in [6.07, 6.45) is 4.78. The van der Waals surface area contributed by atoms with E-state index in [1.165, 1.54) is 24.0 Å². The summed E-state index contributed by atoms with van der Waals surface area (Å²) < 4.78 is 10.9. The Morgan fingerprint density at radius 3 is 2.33 bits per heavy atom. The van der Waals surface area contributed by atoms with Crippen molar-refractivity contribution >= 4 is 5.91 Å². The number of nitrogens with zero attached hydrogens (tertiary/aromatic N) is 1. The van der Waals surface area contributed by atoms with Gasteiger partial charge in [-0.25, -0.2) is 0 Å². The smallest absolute Gasteiger partial charge is 0.219 e. The number of rotatable bonds is 2. The first-order valence-corrected chi connectivity index (χ1v) is 7.60. The third-order valence-corrected chi connectivity index (χ3v) is 5.04. The zero-order valence-electron chi connectivity index (χ0n) is 13.1. The molecule has 1 heterocycles. The van der Waals surface area contributed by atoms with E-state index < -0.39 is 0 Å². The van der Waals surface area contributed by atoms with E-state index in [4.69, 9.17) is 9.47 Å². The van der Waals surface area contributed by atoms with Gasteiger partial charge in [-0.15, -0.1) is 0 Å². The van der Waals surface area contributed by atoms with E-state index in [0.717, 1.165) is 30.9 Å². The summed E-state index contributed by atoms with van der Waals surface area (Å²) in [7, 11) is 3.33. The Morgan fingerprint density at radius 2 is 1.76 bits per heavy atom. The molecule has 1 aliphatic carbocycles. The van der Waals surface area contributed by atoms with Gasteiger partial charge in [0.25, 0.3) is 0 Å². The molecule has 1 spiro atoms. The molecule has 1 amide bonds. The van der Waals surface area contributed by atoms with Gasteiger partial charge in [-0.05, 0) is 36.1 Å². The molecule has 0 bridgehead atoms. The maximum absolute atomic E-state index is 11.9. The number of fused-ring (bicyclic) bond motifs is 2. The minimum absolute atomic E-state index is 0.110. The lowest BCUT2D eigenvalue weighted by molar-refractivity contribution is -0.130. The van der Waals surface area contributed by atoms with Gasteiger partial charge in [-0.1, -0.05) is 12.8 Å². The van der Waals surface area contributed by atoms with E-state index >= 15 is 0 Å². The highest BCUT2D eigenvalue weighted by Crippen LogP contribution is 2.48. The van der Waals surface area contributed by atoms with Gasteiger partial charge >= 0.3 is 0 Å². The summed E-state index contributed by atoms with van der Waals surface area (Å²) in [6.45, 7) is 3.17. The summed E-state index contributed by atoms with van der Waals surface area (Å²) in [5.41, 5.74) is 2.67. The predicted octanol–water partition coefficient (Wildman–Crippen LogP) is 2.88. The molecule has 0 radical (unpaired) electrons. The molecule has 2 aliphatic rings. The fourth-order valence-electron chi connectivity index (χ4n) is 3.96. The Bertz CT molecular complexity index is 561. The lowest BCUT2D eigenvalue weighted by Gasteiger charge is -2.42. The molecule has 21 heavy (non-hydrogen) atoms. The molecule has 1 aliphatic heterocycles. The summed E-state index contributed by atoms with van der Waals surface area (Å²) in [5, 5.41) is 0. The number of carbonyl (C=O) groups excluding carboxylic acids is 1. The minimum atomic E-state index is 0.110. The van der Waals surface area contributed by atoms with Gasteiger partial charge in [0.15, 0.2) is 11.5 Å². The average Bonchev–Trinajstić information content (AvgIpc) is 2.94. The highest BCUT2D eigenvalue weighted by atomic mass is 16.5. The van der Waals surface area contributed by atoms with E-state index in [1.807, 2.05) is 11.0 Å². The highest BCUT2D eigenvalue weighted by molar-refractivity contribution is 5.74. The molecule has 3 rings (SSSR count). The molecule has 0 N–H and O–H groups in total. The first-order valence-electron chi connectivity index (χ1n) is 7.60. The minimum Gasteiger partial charge on any atom is -0.493 e. The van der Waals surface area contributed by atoms with Crippen LogP contribution in [0.1, 0.15) is 43.7 Å². The molecule has 114 valence electrons. The van der Waals surface area contributed by atoms with Crippen LogP contribution >= 0.6 is 0 Å². The predicted molar refractivity (Wildman–Crippen MR) is 80.8 cm³/mol. The Morgan fingerprint density at radius 1 is 1.14 bits per heavy atom. The number of carbonyl (C=O) groups is 1. The Labute approximate surface area is 126 Å². The van der Waals surface area contributed by atoms with Crippen LogP contribution in [-0.4, -0.2) is 31.6 Å². The monoisotopic (exact) mass is 289 g/mol. The quantitative estimate of drug-likeness (QED) is 0.840. The first-order chi connectivity index (χ1) is 10.1. The number of hydrogen-bond acceptors (Lipinski definition) is 3. The average molecular weight is 289 g/mol. The highest BCUT2D eigenvalue weighted by Gasteiger charge is 2.43. The van der Waals surface area contributed by atoms with Gasteiger partial charge in [-0.2, -0.15) is 0 Å². The first kappa shape index (κ1) is 14.2. The van der Waals surface area contributed by atoms with Crippen molar-refractivity contribution in [1.82, 2.24) is 4.90 Å². The van der Waals surface area contributed by atoms with Crippen molar-refractivity contribution in [2.75, 3.05) is 20.8 Å². The maximum Gasteiger partial charge on any atom is 0.219 e. The zero-order valence-corrected chi connectivity index (χ0v) is 13.1. The van der Waals surface area contributed by atoms with Gasteiger partial charge in [-0.3, -0.25) is 4.79 Å². The normalized spacial score (nSPS) is 19.5. The summed E-state index contributed by atoms with van der Waals surface area (Å²) >= 11 is 0. The van der Waals surface area contributed by atoms with Gasteiger partial charge in [0.2, 0.25) is 5.91 Å². The maximum atomic E-state index is 11.9. The van der Waals surface area contributed by atoms with Crippen molar-refractivity contribution in [3.05, 3.63) is 23.3 Å². The third kappa shape index (κ3) is 2.27. The Kier molecular flexibility index (Phi) is 3.56. The zero-order chi connectivity index (χ0) is 15.0. The summed E-state index contributed by atoms with van der Waals surface area (Å²) in [5.74, 6) is 1.69. The van der Waals surface area contributed by atoms with Crippen LogP contribution < -0.4 is 9.47 Å². The Balaban J connectivity index is 2.12. The van der Waals surface area contributed by atoms with Gasteiger partial charge in [0.05, 0.1) is 14.2 Å². The van der Waals surface area contributed by atoms with Crippen molar-refractivity contribution in [3.8, 4) is 11.5 Å². The standard InChI is InChI=1S/C17H23NO3/c1-12(19)18-10-13-8-15(20-2)16(21-3)9-14(13)17(11-18)6-4-5-7-17/h8-9H,4-7,10-11H2,1-3H3. The van der Waals surface area contributed by atoms with E-state index in [2.05, 4.69) is 6.07 Å². The number of methoxy groups -OCH3 is 2. The molecular weight excluding hydrogens is 266 g/mol. The van der Waals surface area contributed by atoms with Crippen LogP contribution in [0.5, 0.6) is 11.5 Å². The van der Waals surface area contributed by atoms with E-state index in [-0.39, 0.29) is 11.3 Å². The molecule has 4 nitrogen and oxygen atoms in total. The number of amides is 1. The molecule has 0 saturated heterocycles. The van der Waals surface area contributed by atoms with Crippen LogP contribution in [0, 0.1) is 0 Å². The molecular formula is C17H23NO3. The summed E-state index contributed by atoms with van der Waals surface area (Å²) in [6, 6.07) is 4.18. The van der Waals surface area contributed by atoms with Crippen molar-refractivity contribution in [2.24, 2.45) is 0 Å². The molecule has 1 aromatic rings. The van der Waals surface area contributed by atoms with E-state index in [1.54, 1.807) is 21.1 Å². The number of hydrogen-bond donors (Lipinski definition) is 0. The van der Waals surface area contributed by atoms with E-state index in [9.17, 15) is 4.79 Å². The van der Waals surface area contributed by atoms with Crippen molar-refractivity contribution < 1.29 is 14.3 Å². The largest absolute Gasteiger partial charge is 0.493 e. The SMILES string of the molecule is COc1cc2c(cc1OC)C1(CCCC1)CN(C(C)=O)C2. The van der Waals surface area contributed by atoms with Crippen molar-refractivity contribution in [1.29, 1.82) is 0 Å². The Hall–Kier alpha value is -1.71. The van der Waals surface area contributed by atoms with Crippen molar-refractivity contribution in [2.45, 2.75) is 44.6 Å². The number of ether oxygens (including phenoxy) is 2. The second kappa shape index (κ2) is 5.24. The van der Waals surface area contributed by atoms with Crippen LogP contribution in [0.2, 0.25) is 0 Å². The number of benzene rings is 1. The van der Waals surface area contributed by atoms with Crippen LogP contribution in [0.15, 0.2) is 12.1 Å². The summed E-state index contributed by atoms with van der Waals surface area (Å²) in [4.78, 5) is 13.9. The van der Waals surface area contributed by atoms with Gasteiger partial charge in [0.1, 0.15) is 0 Å². The third-order valence-electron chi connectivity index (χ3n) is 5.04. The van der Waals surface area contributed by atoms with Gasteiger partial charge in [0, 0.05) is 25.4 Å². The molecule has 0 atom stereocenters. The molecule has 1 aromatic carbocycles. The van der Waals surface area contributed by atoms with E-state index in [0.29, 0.717) is 6.54 Å².